The Kier molecular flexibility index (Phi) is 2.52. The van der Waals surface area contributed by atoms with Crippen molar-refractivity contribution in [2.45, 2.75) is 6.54 Å². The van der Waals surface area contributed by atoms with Crippen LogP contribution in [0.2, 0.25) is 0 Å². The molecule has 3 heteroatoms. The highest BCUT2D eigenvalue weighted by Gasteiger charge is 2.05. The first kappa shape index (κ1) is 9.24. The minimum absolute atomic E-state index is 0.517. The summed E-state index contributed by atoms with van der Waals surface area (Å²) >= 11 is 1.66. The highest BCUT2D eigenvalue weighted by atomic mass is 32.1. The number of hydrogen-bond acceptors (Lipinski definition) is 3. The molecule has 0 bridgehead atoms. The van der Waals surface area contributed by atoms with Crippen LogP contribution in [0, 0.1) is 0 Å². The lowest BCUT2D eigenvalue weighted by Gasteiger charge is -1.94. The minimum atomic E-state index is 0.517. The molecule has 0 aliphatic rings. The molecule has 4 N–H and O–H groups in total. The van der Waals surface area contributed by atoms with Crippen molar-refractivity contribution < 1.29 is 0 Å². The van der Waals surface area contributed by atoms with Crippen LogP contribution in [0.5, 0.6) is 0 Å². The molecule has 0 radical (unpaired) electrons. The van der Waals surface area contributed by atoms with Crippen molar-refractivity contribution in [1.29, 1.82) is 0 Å². The fourth-order valence-electron chi connectivity index (χ4n) is 1.35. The van der Waals surface area contributed by atoms with E-state index in [4.69, 9.17) is 11.5 Å². The van der Waals surface area contributed by atoms with E-state index >= 15 is 0 Å². The van der Waals surface area contributed by atoms with Crippen molar-refractivity contribution in [3.8, 4) is 10.4 Å². The third-order valence-electron chi connectivity index (χ3n) is 2.09. The predicted molar refractivity (Wildman–Crippen MR) is 62.1 cm³/mol. The SMILES string of the molecule is NCc1sc(-c2ccccc2)cc1N. The van der Waals surface area contributed by atoms with E-state index < -0.39 is 0 Å². The van der Waals surface area contributed by atoms with Crippen LogP contribution in [-0.4, -0.2) is 0 Å². The van der Waals surface area contributed by atoms with Crippen molar-refractivity contribution in [2.75, 3.05) is 5.73 Å². The summed E-state index contributed by atoms with van der Waals surface area (Å²) < 4.78 is 0. The molecule has 1 aromatic carbocycles. The summed E-state index contributed by atoms with van der Waals surface area (Å²) in [5.41, 5.74) is 13.4. The number of nitrogen functional groups attached to an aromatic ring is 1. The zero-order valence-electron chi connectivity index (χ0n) is 7.73. The average Bonchev–Trinajstić information content (AvgIpc) is 2.61. The van der Waals surface area contributed by atoms with Gasteiger partial charge in [-0.2, -0.15) is 0 Å². The number of benzene rings is 1. The predicted octanol–water partition coefficient (Wildman–Crippen LogP) is 2.46. The molecule has 0 amide bonds. The van der Waals surface area contributed by atoms with E-state index in [1.54, 1.807) is 11.3 Å². The largest absolute Gasteiger partial charge is 0.398 e. The number of nitrogens with two attached hydrogens (primary N) is 2. The Morgan fingerprint density at radius 1 is 1.14 bits per heavy atom. The van der Waals surface area contributed by atoms with Crippen molar-refractivity contribution in [1.82, 2.24) is 0 Å². The van der Waals surface area contributed by atoms with E-state index in [-0.39, 0.29) is 0 Å². The van der Waals surface area contributed by atoms with Gasteiger partial charge in [-0.1, -0.05) is 30.3 Å². The lowest BCUT2D eigenvalue weighted by Crippen LogP contribution is -1.96. The van der Waals surface area contributed by atoms with E-state index in [0.717, 1.165) is 10.6 Å². The zero-order valence-corrected chi connectivity index (χ0v) is 8.55. The van der Waals surface area contributed by atoms with E-state index in [1.807, 2.05) is 24.3 Å². The van der Waals surface area contributed by atoms with Crippen LogP contribution in [0.3, 0.4) is 0 Å². The molecule has 1 heterocycles. The molecular weight excluding hydrogens is 192 g/mol. The van der Waals surface area contributed by atoms with Gasteiger partial charge in [0.1, 0.15) is 0 Å². The summed E-state index contributed by atoms with van der Waals surface area (Å²) in [5.74, 6) is 0. The maximum Gasteiger partial charge on any atom is 0.0475 e. The first-order valence-electron chi connectivity index (χ1n) is 4.45. The van der Waals surface area contributed by atoms with Gasteiger partial charge >= 0.3 is 0 Å². The van der Waals surface area contributed by atoms with Gasteiger partial charge in [-0.25, -0.2) is 0 Å². The van der Waals surface area contributed by atoms with Gasteiger partial charge in [0.15, 0.2) is 0 Å². The molecule has 2 rings (SSSR count). The number of thiophene rings is 1. The summed E-state index contributed by atoms with van der Waals surface area (Å²) in [7, 11) is 0. The highest BCUT2D eigenvalue weighted by Crippen LogP contribution is 2.32. The maximum atomic E-state index is 5.82. The molecule has 0 aliphatic carbocycles. The Morgan fingerprint density at radius 2 is 1.86 bits per heavy atom. The molecule has 2 nitrogen and oxygen atoms in total. The molecule has 0 saturated carbocycles. The van der Waals surface area contributed by atoms with Crippen molar-refractivity contribution in [3.63, 3.8) is 0 Å². The number of hydrogen-bond donors (Lipinski definition) is 2. The lowest BCUT2D eigenvalue weighted by molar-refractivity contribution is 1.11. The normalized spacial score (nSPS) is 10.4. The van der Waals surface area contributed by atoms with Crippen LogP contribution in [-0.2, 0) is 6.54 Å². The topological polar surface area (TPSA) is 52.0 Å². The number of anilines is 1. The van der Waals surface area contributed by atoms with Gasteiger partial charge in [0, 0.05) is 22.0 Å². The Morgan fingerprint density at radius 3 is 2.43 bits per heavy atom. The molecule has 1 aromatic heterocycles. The minimum Gasteiger partial charge on any atom is -0.398 e. The van der Waals surface area contributed by atoms with Crippen LogP contribution >= 0.6 is 11.3 Å². The lowest BCUT2D eigenvalue weighted by atomic mass is 10.2. The molecule has 0 fully saturated rings. The van der Waals surface area contributed by atoms with Crippen LogP contribution in [0.4, 0.5) is 5.69 Å². The molecule has 14 heavy (non-hydrogen) atoms. The van der Waals surface area contributed by atoms with Gasteiger partial charge in [0.25, 0.3) is 0 Å². The molecule has 0 spiro atoms. The van der Waals surface area contributed by atoms with Crippen molar-refractivity contribution in [3.05, 3.63) is 41.3 Å². The zero-order chi connectivity index (χ0) is 9.97. The van der Waals surface area contributed by atoms with E-state index in [2.05, 4.69) is 12.1 Å². The summed E-state index contributed by atoms with van der Waals surface area (Å²) in [6.45, 7) is 0.517. The smallest absolute Gasteiger partial charge is 0.0475 e. The molecule has 0 unspecified atom stereocenters. The standard InChI is InChI=1S/C11H12N2S/c12-7-11-9(13)6-10(14-11)8-4-2-1-3-5-8/h1-6H,7,12-13H2. The van der Waals surface area contributed by atoms with Crippen LogP contribution in [0.15, 0.2) is 36.4 Å². The van der Waals surface area contributed by atoms with E-state index in [9.17, 15) is 0 Å². The van der Waals surface area contributed by atoms with Gasteiger partial charge in [-0.15, -0.1) is 11.3 Å². The fraction of sp³-hybridized carbons (Fsp3) is 0.0909. The van der Waals surface area contributed by atoms with Gasteiger partial charge < -0.3 is 11.5 Å². The Balaban J connectivity index is 2.43. The monoisotopic (exact) mass is 204 g/mol. The first-order chi connectivity index (χ1) is 6.81. The quantitative estimate of drug-likeness (QED) is 0.789. The molecule has 2 aromatic rings. The van der Waals surface area contributed by atoms with E-state index in [0.29, 0.717) is 6.54 Å². The van der Waals surface area contributed by atoms with Crippen molar-refractivity contribution >= 4 is 17.0 Å². The summed E-state index contributed by atoms with van der Waals surface area (Å²) in [5, 5.41) is 0. The fourth-order valence-corrected chi connectivity index (χ4v) is 2.31. The average molecular weight is 204 g/mol. The first-order valence-corrected chi connectivity index (χ1v) is 5.26. The van der Waals surface area contributed by atoms with Crippen LogP contribution in [0.1, 0.15) is 4.88 Å². The van der Waals surface area contributed by atoms with E-state index in [1.165, 1.54) is 10.4 Å². The second kappa shape index (κ2) is 3.82. The number of rotatable bonds is 2. The van der Waals surface area contributed by atoms with Crippen molar-refractivity contribution in [2.24, 2.45) is 5.73 Å². The molecular formula is C11H12N2S. The maximum absolute atomic E-state index is 5.82. The van der Waals surface area contributed by atoms with Crippen LogP contribution < -0.4 is 11.5 Å². The summed E-state index contributed by atoms with van der Waals surface area (Å²) in [4.78, 5) is 2.24. The van der Waals surface area contributed by atoms with Gasteiger partial charge in [0.2, 0.25) is 0 Å². The molecule has 0 aliphatic heterocycles. The Bertz CT molecular complexity index is 420. The van der Waals surface area contributed by atoms with Gasteiger partial charge in [-0.3, -0.25) is 0 Å². The Labute approximate surface area is 87.2 Å². The molecule has 0 atom stereocenters. The van der Waals surface area contributed by atoms with Gasteiger partial charge in [-0.05, 0) is 11.6 Å². The second-order valence-electron chi connectivity index (χ2n) is 3.06. The molecule has 0 saturated heterocycles. The Hall–Kier alpha value is -1.32. The summed E-state index contributed by atoms with van der Waals surface area (Å²) in [6, 6.07) is 12.2. The third-order valence-corrected chi connectivity index (χ3v) is 3.31. The molecule has 72 valence electrons. The summed E-state index contributed by atoms with van der Waals surface area (Å²) in [6.07, 6.45) is 0. The third kappa shape index (κ3) is 1.64. The highest BCUT2D eigenvalue weighted by molar-refractivity contribution is 7.16. The second-order valence-corrected chi connectivity index (χ2v) is 4.20. The van der Waals surface area contributed by atoms with Crippen LogP contribution in [0.25, 0.3) is 10.4 Å². The van der Waals surface area contributed by atoms with Gasteiger partial charge in [0.05, 0.1) is 0 Å².